The van der Waals surface area contributed by atoms with Crippen LogP contribution in [0.2, 0.25) is 0 Å². The molecule has 15 heavy (non-hydrogen) atoms. The van der Waals surface area contributed by atoms with E-state index in [4.69, 9.17) is 0 Å². The molecule has 1 atom stereocenters. The fourth-order valence-electron chi connectivity index (χ4n) is 1.35. The van der Waals surface area contributed by atoms with Gasteiger partial charge < -0.3 is 10.4 Å². The van der Waals surface area contributed by atoms with Gasteiger partial charge in [-0.3, -0.25) is 4.79 Å². The van der Waals surface area contributed by atoms with Crippen LogP contribution < -0.4 is 5.32 Å². The SMILES string of the molecule is CC(C)(C)C(O)CNC(=O)CCC1CC1. The van der Waals surface area contributed by atoms with Crippen molar-refractivity contribution in [3.63, 3.8) is 0 Å². The van der Waals surface area contributed by atoms with Crippen molar-refractivity contribution in [2.75, 3.05) is 6.54 Å². The highest BCUT2D eigenvalue weighted by Gasteiger charge is 2.24. The number of aliphatic hydroxyl groups is 1. The van der Waals surface area contributed by atoms with Crippen molar-refractivity contribution in [3.05, 3.63) is 0 Å². The van der Waals surface area contributed by atoms with E-state index in [0.29, 0.717) is 13.0 Å². The topological polar surface area (TPSA) is 49.3 Å². The van der Waals surface area contributed by atoms with Crippen LogP contribution in [-0.2, 0) is 4.79 Å². The fraction of sp³-hybridized carbons (Fsp3) is 0.917. The molecule has 1 saturated carbocycles. The molecule has 1 fully saturated rings. The van der Waals surface area contributed by atoms with Crippen LogP contribution in [0.5, 0.6) is 0 Å². The van der Waals surface area contributed by atoms with Gasteiger partial charge in [0.25, 0.3) is 0 Å². The van der Waals surface area contributed by atoms with E-state index in [1.165, 1.54) is 12.8 Å². The number of amides is 1. The molecule has 0 aromatic heterocycles. The number of hydrogen-bond acceptors (Lipinski definition) is 2. The van der Waals surface area contributed by atoms with Crippen molar-refractivity contribution in [2.45, 2.75) is 52.6 Å². The Morgan fingerprint density at radius 3 is 2.53 bits per heavy atom. The van der Waals surface area contributed by atoms with E-state index in [2.05, 4.69) is 5.32 Å². The molecule has 0 heterocycles. The van der Waals surface area contributed by atoms with Crippen LogP contribution >= 0.6 is 0 Å². The molecule has 88 valence electrons. The molecular formula is C12H23NO2. The molecule has 0 radical (unpaired) electrons. The summed E-state index contributed by atoms with van der Waals surface area (Å²) in [5.74, 6) is 0.869. The maximum Gasteiger partial charge on any atom is 0.220 e. The van der Waals surface area contributed by atoms with Gasteiger partial charge in [0.05, 0.1) is 6.10 Å². The Kier molecular flexibility index (Phi) is 4.14. The fourth-order valence-corrected chi connectivity index (χ4v) is 1.35. The lowest BCUT2D eigenvalue weighted by Gasteiger charge is -2.25. The summed E-state index contributed by atoms with van der Waals surface area (Å²) in [6.45, 7) is 6.27. The van der Waals surface area contributed by atoms with Gasteiger partial charge >= 0.3 is 0 Å². The summed E-state index contributed by atoms with van der Waals surface area (Å²) in [5.41, 5.74) is -0.163. The molecule has 2 N–H and O–H groups in total. The molecule has 3 heteroatoms. The van der Waals surface area contributed by atoms with Crippen LogP contribution in [0, 0.1) is 11.3 Å². The summed E-state index contributed by atoms with van der Waals surface area (Å²) >= 11 is 0. The first kappa shape index (κ1) is 12.5. The van der Waals surface area contributed by atoms with Gasteiger partial charge in [-0.25, -0.2) is 0 Å². The average molecular weight is 213 g/mol. The predicted octanol–water partition coefficient (Wildman–Crippen LogP) is 1.70. The highest BCUT2D eigenvalue weighted by Crippen LogP contribution is 2.33. The third kappa shape index (κ3) is 5.17. The van der Waals surface area contributed by atoms with E-state index in [1.54, 1.807) is 0 Å². The number of nitrogens with one attached hydrogen (secondary N) is 1. The highest BCUT2D eigenvalue weighted by molar-refractivity contribution is 5.75. The molecule has 1 aliphatic carbocycles. The maximum absolute atomic E-state index is 11.4. The molecule has 3 nitrogen and oxygen atoms in total. The van der Waals surface area contributed by atoms with Gasteiger partial charge in [0.15, 0.2) is 0 Å². The van der Waals surface area contributed by atoms with Crippen molar-refractivity contribution in [1.82, 2.24) is 5.32 Å². The Bertz CT molecular complexity index is 216. The quantitative estimate of drug-likeness (QED) is 0.730. The van der Waals surface area contributed by atoms with Gasteiger partial charge in [-0.05, 0) is 17.8 Å². The van der Waals surface area contributed by atoms with Crippen molar-refractivity contribution >= 4 is 5.91 Å². The second-order valence-electron chi connectivity index (χ2n) is 5.67. The molecule has 0 aromatic carbocycles. The number of rotatable bonds is 5. The van der Waals surface area contributed by atoms with E-state index in [0.717, 1.165) is 12.3 Å². The Morgan fingerprint density at radius 1 is 1.47 bits per heavy atom. The zero-order chi connectivity index (χ0) is 11.5. The molecule has 1 amide bonds. The first-order valence-electron chi connectivity index (χ1n) is 5.84. The van der Waals surface area contributed by atoms with Gasteiger partial charge in [-0.1, -0.05) is 33.6 Å². The molecule has 1 rings (SSSR count). The Hall–Kier alpha value is -0.570. The summed E-state index contributed by atoms with van der Waals surface area (Å²) in [4.78, 5) is 11.4. The molecule has 0 aliphatic heterocycles. The minimum atomic E-state index is -0.470. The highest BCUT2D eigenvalue weighted by atomic mass is 16.3. The Morgan fingerprint density at radius 2 is 2.07 bits per heavy atom. The summed E-state index contributed by atoms with van der Waals surface area (Å²) in [7, 11) is 0. The number of carbonyl (C=O) groups excluding carboxylic acids is 1. The van der Waals surface area contributed by atoms with Crippen LogP contribution in [0.4, 0.5) is 0 Å². The molecule has 0 bridgehead atoms. The van der Waals surface area contributed by atoms with Crippen LogP contribution in [0.3, 0.4) is 0 Å². The normalized spacial score (nSPS) is 18.7. The lowest BCUT2D eigenvalue weighted by Crippen LogP contribution is -2.39. The van der Waals surface area contributed by atoms with E-state index < -0.39 is 6.10 Å². The van der Waals surface area contributed by atoms with Crippen LogP contribution in [-0.4, -0.2) is 23.7 Å². The number of carbonyl (C=O) groups is 1. The second kappa shape index (κ2) is 4.97. The van der Waals surface area contributed by atoms with Crippen molar-refractivity contribution in [2.24, 2.45) is 11.3 Å². The smallest absolute Gasteiger partial charge is 0.220 e. The van der Waals surface area contributed by atoms with E-state index in [1.807, 2.05) is 20.8 Å². The minimum absolute atomic E-state index is 0.0743. The van der Waals surface area contributed by atoms with Gasteiger partial charge in [0.2, 0.25) is 5.91 Å². The summed E-state index contributed by atoms with van der Waals surface area (Å²) in [6, 6.07) is 0. The van der Waals surface area contributed by atoms with Gasteiger partial charge in [0, 0.05) is 13.0 Å². The third-order valence-corrected chi connectivity index (χ3v) is 2.97. The first-order valence-corrected chi connectivity index (χ1v) is 5.84. The predicted molar refractivity (Wildman–Crippen MR) is 60.4 cm³/mol. The summed E-state index contributed by atoms with van der Waals surface area (Å²) < 4.78 is 0. The lowest BCUT2D eigenvalue weighted by atomic mass is 9.89. The Labute approximate surface area is 92.3 Å². The van der Waals surface area contributed by atoms with Crippen molar-refractivity contribution in [3.8, 4) is 0 Å². The first-order chi connectivity index (χ1) is 6.89. The van der Waals surface area contributed by atoms with E-state index in [-0.39, 0.29) is 11.3 Å². The summed E-state index contributed by atoms with van der Waals surface area (Å²) in [5, 5.41) is 12.5. The zero-order valence-electron chi connectivity index (χ0n) is 10.0. The van der Waals surface area contributed by atoms with Crippen LogP contribution in [0.25, 0.3) is 0 Å². The van der Waals surface area contributed by atoms with E-state index >= 15 is 0 Å². The molecule has 0 aromatic rings. The van der Waals surface area contributed by atoms with Crippen molar-refractivity contribution < 1.29 is 9.90 Å². The third-order valence-electron chi connectivity index (χ3n) is 2.97. The van der Waals surface area contributed by atoms with Gasteiger partial charge in [-0.2, -0.15) is 0 Å². The van der Waals surface area contributed by atoms with Gasteiger partial charge in [-0.15, -0.1) is 0 Å². The van der Waals surface area contributed by atoms with Crippen LogP contribution in [0.15, 0.2) is 0 Å². The largest absolute Gasteiger partial charge is 0.391 e. The average Bonchev–Trinajstić information content (AvgIpc) is 2.92. The lowest BCUT2D eigenvalue weighted by molar-refractivity contribution is -0.122. The van der Waals surface area contributed by atoms with Gasteiger partial charge in [0.1, 0.15) is 0 Å². The second-order valence-corrected chi connectivity index (χ2v) is 5.67. The Balaban J connectivity index is 2.09. The van der Waals surface area contributed by atoms with Crippen LogP contribution in [0.1, 0.15) is 46.5 Å². The molecular weight excluding hydrogens is 190 g/mol. The standard InChI is InChI=1S/C12H23NO2/c1-12(2,3)10(14)8-13-11(15)7-6-9-4-5-9/h9-10,14H,4-8H2,1-3H3,(H,13,15). The molecule has 1 aliphatic rings. The minimum Gasteiger partial charge on any atom is -0.391 e. The summed E-state index contributed by atoms with van der Waals surface area (Å²) in [6.07, 6.45) is 3.73. The number of aliphatic hydroxyl groups excluding tert-OH is 1. The molecule has 0 spiro atoms. The van der Waals surface area contributed by atoms with E-state index in [9.17, 15) is 9.90 Å². The zero-order valence-corrected chi connectivity index (χ0v) is 10.0. The van der Waals surface area contributed by atoms with Crippen molar-refractivity contribution in [1.29, 1.82) is 0 Å². The molecule has 0 saturated heterocycles. The number of hydrogen-bond donors (Lipinski definition) is 2. The molecule has 1 unspecified atom stereocenters. The monoisotopic (exact) mass is 213 g/mol. The maximum atomic E-state index is 11.4.